The molecule has 0 radical (unpaired) electrons. The average molecular weight is 310 g/mol. The van der Waals surface area contributed by atoms with Gasteiger partial charge in [0, 0.05) is 31.4 Å². The molecule has 1 aliphatic rings. The van der Waals surface area contributed by atoms with Crippen molar-refractivity contribution in [2.24, 2.45) is 0 Å². The topological polar surface area (TPSA) is 52.6 Å². The minimum absolute atomic E-state index is 0.350. The van der Waals surface area contributed by atoms with Gasteiger partial charge in [-0.2, -0.15) is 0 Å². The summed E-state index contributed by atoms with van der Waals surface area (Å²) in [5.74, 6) is -0.872. The molecule has 4 nitrogen and oxygen atoms in total. The fraction of sp³-hybridized carbons (Fsp3) is 0.316. The number of para-hydroxylation sites is 1. The summed E-state index contributed by atoms with van der Waals surface area (Å²) in [5, 5.41) is 12.6. The first kappa shape index (κ1) is 15.6. The summed E-state index contributed by atoms with van der Waals surface area (Å²) in [4.78, 5) is 13.4. The number of benzene rings is 2. The number of piperidine rings is 1. The van der Waals surface area contributed by atoms with E-state index in [0.29, 0.717) is 11.6 Å². The normalized spacial score (nSPS) is 15.6. The van der Waals surface area contributed by atoms with E-state index in [4.69, 9.17) is 5.11 Å². The monoisotopic (exact) mass is 310 g/mol. The third kappa shape index (κ3) is 4.11. The lowest BCUT2D eigenvalue weighted by Gasteiger charge is -2.34. The van der Waals surface area contributed by atoms with E-state index in [-0.39, 0.29) is 0 Å². The van der Waals surface area contributed by atoms with Gasteiger partial charge >= 0.3 is 5.97 Å². The maximum absolute atomic E-state index is 11.0. The minimum atomic E-state index is -0.872. The lowest BCUT2D eigenvalue weighted by molar-refractivity contribution is 0.0696. The molecule has 0 unspecified atom stereocenters. The van der Waals surface area contributed by atoms with Gasteiger partial charge < -0.3 is 15.3 Å². The van der Waals surface area contributed by atoms with Crippen molar-refractivity contribution in [1.29, 1.82) is 0 Å². The van der Waals surface area contributed by atoms with E-state index in [0.717, 1.165) is 38.0 Å². The predicted octanol–water partition coefficient (Wildman–Crippen LogP) is 3.14. The molecule has 0 atom stereocenters. The Kier molecular flexibility index (Phi) is 4.93. The van der Waals surface area contributed by atoms with Crippen LogP contribution in [0.2, 0.25) is 0 Å². The first-order valence-corrected chi connectivity index (χ1v) is 8.08. The largest absolute Gasteiger partial charge is 0.478 e. The summed E-state index contributed by atoms with van der Waals surface area (Å²) in [7, 11) is 0. The number of carbonyl (C=O) groups is 1. The fourth-order valence-corrected chi connectivity index (χ4v) is 3.06. The van der Waals surface area contributed by atoms with Gasteiger partial charge in [-0.15, -0.1) is 0 Å². The molecule has 2 aromatic rings. The highest BCUT2D eigenvalue weighted by Gasteiger charge is 2.18. The quantitative estimate of drug-likeness (QED) is 0.891. The Bertz CT molecular complexity index is 649. The molecule has 1 fully saturated rings. The van der Waals surface area contributed by atoms with Gasteiger partial charge in [-0.1, -0.05) is 30.3 Å². The van der Waals surface area contributed by atoms with Gasteiger partial charge in [0.2, 0.25) is 0 Å². The summed E-state index contributed by atoms with van der Waals surface area (Å²) in [5.41, 5.74) is 2.67. The molecule has 3 rings (SSSR count). The number of hydrogen-bond acceptors (Lipinski definition) is 3. The van der Waals surface area contributed by atoms with Crippen molar-refractivity contribution in [2.75, 3.05) is 18.0 Å². The van der Waals surface area contributed by atoms with Crippen LogP contribution >= 0.6 is 0 Å². The molecular formula is C19H22N2O2. The molecule has 4 heteroatoms. The highest BCUT2D eigenvalue weighted by molar-refractivity contribution is 5.87. The van der Waals surface area contributed by atoms with Gasteiger partial charge in [0.05, 0.1) is 5.56 Å². The molecule has 0 spiro atoms. The third-order valence-corrected chi connectivity index (χ3v) is 4.39. The Labute approximate surface area is 136 Å². The van der Waals surface area contributed by atoms with Gasteiger partial charge in [-0.05, 0) is 42.7 Å². The van der Waals surface area contributed by atoms with Gasteiger partial charge in [-0.25, -0.2) is 4.79 Å². The number of nitrogens with zero attached hydrogens (tertiary/aromatic N) is 1. The first-order valence-electron chi connectivity index (χ1n) is 8.08. The smallest absolute Gasteiger partial charge is 0.335 e. The molecule has 1 heterocycles. The van der Waals surface area contributed by atoms with Crippen molar-refractivity contribution in [3.8, 4) is 0 Å². The van der Waals surface area contributed by atoms with Crippen molar-refractivity contribution in [3.05, 3.63) is 65.7 Å². The summed E-state index contributed by atoms with van der Waals surface area (Å²) in [6.45, 7) is 2.82. The predicted molar refractivity (Wildman–Crippen MR) is 91.9 cm³/mol. The SMILES string of the molecule is O=C(O)c1cccc(CNC2CCN(c3ccccc3)CC2)c1. The molecule has 120 valence electrons. The number of hydrogen-bond donors (Lipinski definition) is 2. The summed E-state index contributed by atoms with van der Waals surface area (Å²) in [6.07, 6.45) is 2.21. The van der Waals surface area contributed by atoms with Gasteiger partial charge in [-0.3, -0.25) is 0 Å². The van der Waals surface area contributed by atoms with E-state index in [1.54, 1.807) is 18.2 Å². The molecule has 0 bridgehead atoms. The van der Waals surface area contributed by atoms with Crippen molar-refractivity contribution < 1.29 is 9.90 Å². The fourth-order valence-electron chi connectivity index (χ4n) is 3.06. The van der Waals surface area contributed by atoms with Crippen LogP contribution in [-0.4, -0.2) is 30.2 Å². The maximum Gasteiger partial charge on any atom is 0.335 e. The van der Waals surface area contributed by atoms with Gasteiger partial charge in [0.25, 0.3) is 0 Å². The van der Waals surface area contributed by atoms with Crippen molar-refractivity contribution in [1.82, 2.24) is 5.32 Å². The van der Waals surface area contributed by atoms with Crippen LogP contribution < -0.4 is 10.2 Å². The summed E-state index contributed by atoms with van der Waals surface area (Å²) >= 11 is 0. The van der Waals surface area contributed by atoms with E-state index in [1.165, 1.54) is 5.69 Å². The summed E-state index contributed by atoms with van der Waals surface area (Å²) in [6, 6.07) is 18.2. The molecule has 0 amide bonds. The van der Waals surface area contributed by atoms with Crippen LogP contribution in [0.3, 0.4) is 0 Å². The van der Waals surface area contributed by atoms with Gasteiger partial charge in [0.15, 0.2) is 0 Å². The Balaban J connectivity index is 1.49. The van der Waals surface area contributed by atoms with E-state index < -0.39 is 5.97 Å². The molecule has 1 aliphatic heterocycles. The summed E-state index contributed by atoms with van der Waals surface area (Å²) < 4.78 is 0. The minimum Gasteiger partial charge on any atom is -0.478 e. The zero-order valence-electron chi connectivity index (χ0n) is 13.1. The van der Waals surface area contributed by atoms with E-state index in [1.807, 2.05) is 12.1 Å². The standard InChI is InChI=1S/C19H22N2O2/c22-19(23)16-6-4-5-15(13-16)14-20-17-9-11-21(12-10-17)18-7-2-1-3-8-18/h1-8,13,17,20H,9-12,14H2,(H,22,23). The van der Waals surface area contributed by atoms with Crippen molar-refractivity contribution in [2.45, 2.75) is 25.4 Å². The Morgan fingerprint density at radius 2 is 1.83 bits per heavy atom. The van der Waals surface area contributed by atoms with E-state index >= 15 is 0 Å². The second-order valence-electron chi connectivity index (χ2n) is 5.98. The average Bonchev–Trinajstić information content (AvgIpc) is 2.61. The number of rotatable bonds is 5. The van der Waals surface area contributed by atoms with Gasteiger partial charge in [0.1, 0.15) is 0 Å². The first-order chi connectivity index (χ1) is 11.2. The second kappa shape index (κ2) is 7.29. The number of aromatic carboxylic acids is 1. The molecule has 0 aromatic heterocycles. The van der Waals surface area contributed by atoms with Crippen LogP contribution in [0.4, 0.5) is 5.69 Å². The molecule has 23 heavy (non-hydrogen) atoms. The van der Waals surface area contributed by atoms with Crippen LogP contribution in [-0.2, 0) is 6.54 Å². The number of carboxylic acid groups (broad SMARTS) is 1. The van der Waals surface area contributed by atoms with Crippen molar-refractivity contribution >= 4 is 11.7 Å². The van der Waals surface area contributed by atoms with Crippen LogP contribution in [0.5, 0.6) is 0 Å². The number of nitrogens with one attached hydrogen (secondary N) is 1. The van der Waals surface area contributed by atoms with Crippen molar-refractivity contribution in [3.63, 3.8) is 0 Å². The molecule has 0 aliphatic carbocycles. The van der Waals surface area contributed by atoms with Crippen LogP contribution in [0.1, 0.15) is 28.8 Å². The number of anilines is 1. The highest BCUT2D eigenvalue weighted by atomic mass is 16.4. The van der Waals surface area contributed by atoms with Crippen LogP contribution in [0.15, 0.2) is 54.6 Å². The molecule has 2 aromatic carbocycles. The van der Waals surface area contributed by atoms with E-state index in [2.05, 4.69) is 34.5 Å². The number of carboxylic acids is 1. The van der Waals surface area contributed by atoms with E-state index in [9.17, 15) is 4.79 Å². The zero-order valence-corrected chi connectivity index (χ0v) is 13.1. The molecule has 1 saturated heterocycles. The highest BCUT2D eigenvalue weighted by Crippen LogP contribution is 2.19. The molecule has 0 saturated carbocycles. The van der Waals surface area contributed by atoms with Crippen LogP contribution in [0.25, 0.3) is 0 Å². The lowest BCUT2D eigenvalue weighted by atomic mass is 10.0. The maximum atomic E-state index is 11.0. The van der Waals surface area contributed by atoms with Crippen LogP contribution in [0, 0.1) is 0 Å². The Morgan fingerprint density at radius 1 is 1.09 bits per heavy atom. The Morgan fingerprint density at radius 3 is 2.52 bits per heavy atom. The third-order valence-electron chi connectivity index (χ3n) is 4.39. The zero-order chi connectivity index (χ0) is 16.1. The molecule has 2 N–H and O–H groups in total. The lowest BCUT2D eigenvalue weighted by Crippen LogP contribution is -2.42. The second-order valence-corrected chi connectivity index (χ2v) is 5.98. The molecular weight excluding hydrogens is 288 g/mol. The Hall–Kier alpha value is -2.33.